The van der Waals surface area contributed by atoms with Crippen molar-refractivity contribution in [3.05, 3.63) is 24.3 Å². The van der Waals surface area contributed by atoms with E-state index in [4.69, 9.17) is 10.5 Å². The van der Waals surface area contributed by atoms with Gasteiger partial charge in [-0.15, -0.1) is 0 Å². The van der Waals surface area contributed by atoms with E-state index in [1.54, 1.807) is 18.2 Å². The molecule has 1 heterocycles. The summed E-state index contributed by atoms with van der Waals surface area (Å²) in [7, 11) is 0. The highest BCUT2D eigenvalue weighted by molar-refractivity contribution is 5.94. The minimum absolute atomic E-state index is 0.0851. The lowest BCUT2D eigenvalue weighted by atomic mass is 10.2. The second-order valence-corrected chi connectivity index (χ2v) is 3.62. The summed E-state index contributed by atoms with van der Waals surface area (Å²) < 4.78 is 5.27. The number of nitrogen functional groups attached to an aromatic ring is 1. The number of anilines is 2. The van der Waals surface area contributed by atoms with Crippen molar-refractivity contribution in [2.75, 3.05) is 17.7 Å². The Bertz CT molecular complexity index is 359. The predicted molar refractivity (Wildman–Crippen MR) is 58.5 cm³/mol. The van der Waals surface area contributed by atoms with Gasteiger partial charge in [0.1, 0.15) is 6.10 Å². The Morgan fingerprint density at radius 1 is 1.53 bits per heavy atom. The zero-order chi connectivity index (χ0) is 10.7. The molecule has 3 N–H and O–H groups in total. The lowest BCUT2D eigenvalue weighted by Crippen LogP contribution is -2.26. The van der Waals surface area contributed by atoms with Crippen molar-refractivity contribution in [2.45, 2.75) is 18.9 Å². The second kappa shape index (κ2) is 4.31. The van der Waals surface area contributed by atoms with Gasteiger partial charge in [0, 0.05) is 18.0 Å². The molecule has 0 saturated carbocycles. The highest BCUT2D eigenvalue weighted by Gasteiger charge is 2.23. The summed E-state index contributed by atoms with van der Waals surface area (Å²) in [6.45, 7) is 0.676. The number of benzene rings is 1. The Labute approximate surface area is 88.4 Å². The summed E-state index contributed by atoms with van der Waals surface area (Å²) in [5, 5.41) is 2.78. The summed E-state index contributed by atoms with van der Waals surface area (Å²) in [5.74, 6) is -0.0851. The van der Waals surface area contributed by atoms with Crippen molar-refractivity contribution in [2.24, 2.45) is 0 Å². The largest absolute Gasteiger partial charge is 0.399 e. The van der Waals surface area contributed by atoms with Crippen molar-refractivity contribution in [1.29, 1.82) is 0 Å². The van der Waals surface area contributed by atoms with Crippen molar-refractivity contribution < 1.29 is 9.53 Å². The molecule has 1 fully saturated rings. The van der Waals surface area contributed by atoms with Crippen LogP contribution in [0.4, 0.5) is 11.4 Å². The summed E-state index contributed by atoms with van der Waals surface area (Å²) in [6.07, 6.45) is 1.45. The number of ether oxygens (including phenoxy) is 1. The maximum Gasteiger partial charge on any atom is 0.253 e. The maximum atomic E-state index is 11.6. The van der Waals surface area contributed by atoms with Crippen LogP contribution in [-0.2, 0) is 9.53 Å². The number of carbonyl (C=O) groups excluding carboxylic acids is 1. The lowest BCUT2D eigenvalue weighted by molar-refractivity contribution is -0.124. The lowest BCUT2D eigenvalue weighted by Gasteiger charge is -2.10. The standard InChI is InChI=1S/C11H14N2O2/c12-8-3-1-4-9(7-8)13-11(14)10-5-2-6-15-10/h1,3-4,7,10H,2,5-6,12H2,(H,13,14). The van der Waals surface area contributed by atoms with E-state index in [1.165, 1.54) is 0 Å². The minimum atomic E-state index is -0.300. The quantitative estimate of drug-likeness (QED) is 0.718. The van der Waals surface area contributed by atoms with Crippen LogP contribution in [0.25, 0.3) is 0 Å². The molecule has 2 rings (SSSR count). The fourth-order valence-corrected chi connectivity index (χ4v) is 1.62. The van der Waals surface area contributed by atoms with Crippen LogP contribution in [0.5, 0.6) is 0 Å². The van der Waals surface area contributed by atoms with Crippen LogP contribution >= 0.6 is 0 Å². The molecule has 0 aromatic heterocycles. The van der Waals surface area contributed by atoms with Gasteiger partial charge >= 0.3 is 0 Å². The first-order valence-electron chi connectivity index (χ1n) is 5.04. The van der Waals surface area contributed by atoms with E-state index in [-0.39, 0.29) is 12.0 Å². The number of carbonyl (C=O) groups is 1. The SMILES string of the molecule is Nc1cccc(NC(=O)C2CCCO2)c1. The zero-order valence-electron chi connectivity index (χ0n) is 8.40. The molecule has 4 nitrogen and oxygen atoms in total. The van der Waals surface area contributed by atoms with Gasteiger partial charge in [-0.05, 0) is 31.0 Å². The molecule has 1 aliphatic heterocycles. The average molecular weight is 206 g/mol. The molecular weight excluding hydrogens is 192 g/mol. The zero-order valence-corrected chi connectivity index (χ0v) is 8.40. The fourth-order valence-electron chi connectivity index (χ4n) is 1.62. The molecule has 1 unspecified atom stereocenters. The van der Waals surface area contributed by atoms with Crippen LogP contribution in [0.15, 0.2) is 24.3 Å². The molecule has 1 amide bonds. The third-order valence-electron chi connectivity index (χ3n) is 2.38. The molecule has 1 atom stereocenters. The molecular formula is C11H14N2O2. The predicted octanol–water partition coefficient (Wildman–Crippen LogP) is 1.39. The van der Waals surface area contributed by atoms with Crippen molar-refractivity contribution in [3.63, 3.8) is 0 Å². The number of rotatable bonds is 2. The molecule has 1 aliphatic rings. The summed E-state index contributed by atoms with van der Waals surface area (Å²) >= 11 is 0. The Morgan fingerprint density at radius 3 is 3.07 bits per heavy atom. The molecule has 1 saturated heterocycles. The van der Waals surface area contributed by atoms with E-state index in [1.807, 2.05) is 6.07 Å². The molecule has 0 spiro atoms. The van der Waals surface area contributed by atoms with Gasteiger partial charge in [0.25, 0.3) is 5.91 Å². The number of amides is 1. The summed E-state index contributed by atoms with van der Waals surface area (Å²) in [5.41, 5.74) is 6.96. The number of nitrogens with one attached hydrogen (secondary N) is 1. The molecule has 15 heavy (non-hydrogen) atoms. The van der Waals surface area contributed by atoms with E-state index in [9.17, 15) is 4.79 Å². The second-order valence-electron chi connectivity index (χ2n) is 3.62. The Hall–Kier alpha value is -1.55. The topological polar surface area (TPSA) is 64.3 Å². The van der Waals surface area contributed by atoms with Gasteiger partial charge in [-0.3, -0.25) is 4.79 Å². The van der Waals surface area contributed by atoms with Gasteiger partial charge in [0.2, 0.25) is 0 Å². The van der Waals surface area contributed by atoms with Gasteiger partial charge in [-0.25, -0.2) is 0 Å². The van der Waals surface area contributed by atoms with Crippen molar-refractivity contribution >= 4 is 17.3 Å². The Morgan fingerprint density at radius 2 is 2.40 bits per heavy atom. The van der Waals surface area contributed by atoms with Crippen LogP contribution in [0.2, 0.25) is 0 Å². The third-order valence-corrected chi connectivity index (χ3v) is 2.38. The van der Waals surface area contributed by atoms with Crippen LogP contribution in [-0.4, -0.2) is 18.6 Å². The summed E-state index contributed by atoms with van der Waals surface area (Å²) in [4.78, 5) is 11.6. The third kappa shape index (κ3) is 2.47. The molecule has 80 valence electrons. The number of hydrogen-bond acceptors (Lipinski definition) is 3. The van der Waals surface area contributed by atoms with Gasteiger partial charge < -0.3 is 15.8 Å². The van der Waals surface area contributed by atoms with Crippen LogP contribution in [0.3, 0.4) is 0 Å². The van der Waals surface area contributed by atoms with Gasteiger partial charge in [-0.1, -0.05) is 6.07 Å². The first kappa shape index (κ1) is 9.98. The van der Waals surface area contributed by atoms with Crippen molar-refractivity contribution in [3.8, 4) is 0 Å². The monoisotopic (exact) mass is 206 g/mol. The molecule has 4 heteroatoms. The Kier molecular flexibility index (Phi) is 2.87. The van der Waals surface area contributed by atoms with E-state index in [0.29, 0.717) is 12.3 Å². The van der Waals surface area contributed by atoms with Gasteiger partial charge in [-0.2, -0.15) is 0 Å². The number of nitrogens with two attached hydrogens (primary N) is 1. The van der Waals surface area contributed by atoms with E-state index in [2.05, 4.69) is 5.32 Å². The van der Waals surface area contributed by atoms with E-state index >= 15 is 0 Å². The Balaban J connectivity index is 1.99. The highest BCUT2D eigenvalue weighted by Crippen LogP contribution is 2.16. The molecule has 1 aromatic carbocycles. The first-order chi connectivity index (χ1) is 7.25. The maximum absolute atomic E-state index is 11.6. The van der Waals surface area contributed by atoms with Gasteiger partial charge in [0.15, 0.2) is 0 Å². The van der Waals surface area contributed by atoms with E-state index < -0.39 is 0 Å². The van der Waals surface area contributed by atoms with Crippen LogP contribution < -0.4 is 11.1 Å². The normalized spacial score (nSPS) is 20.1. The molecule has 0 aliphatic carbocycles. The average Bonchev–Trinajstić information content (AvgIpc) is 2.70. The van der Waals surface area contributed by atoms with Crippen LogP contribution in [0.1, 0.15) is 12.8 Å². The first-order valence-corrected chi connectivity index (χ1v) is 5.04. The minimum Gasteiger partial charge on any atom is -0.399 e. The van der Waals surface area contributed by atoms with Crippen LogP contribution in [0, 0.1) is 0 Å². The van der Waals surface area contributed by atoms with Crippen molar-refractivity contribution in [1.82, 2.24) is 0 Å². The fraction of sp³-hybridized carbons (Fsp3) is 0.364. The number of hydrogen-bond donors (Lipinski definition) is 2. The van der Waals surface area contributed by atoms with Gasteiger partial charge in [0.05, 0.1) is 0 Å². The smallest absolute Gasteiger partial charge is 0.253 e. The molecule has 0 bridgehead atoms. The molecule has 0 radical (unpaired) electrons. The van der Waals surface area contributed by atoms with E-state index in [0.717, 1.165) is 18.5 Å². The molecule has 1 aromatic rings. The highest BCUT2D eigenvalue weighted by atomic mass is 16.5. The summed E-state index contributed by atoms with van der Waals surface area (Å²) in [6, 6.07) is 7.12.